The van der Waals surface area contributed by atoms with Gasteiger partial charge in [0.25, 0.3) is 0 Å². The minimum absolute atomic E-state index is 0.0564. The number of nitrogens with two attached hydrogens (primary N) is 1. The number of hydrogen-bond acceptors (Lipinski definition) is 3. The fourth-order valence-corrected chi connectivity index (χ4v) is 2.26. The van der Waals surface area contributed by atoms with E-state index in [1.54, 1.807) is 7.11 Å². The minimum Gasteiger partial charge on any atom is -0.381 e. The Labute approximate surface area is 100 Å². The maximum Gasteiger partial charge on any atom is 0.0576 e. The Morgan fingerprint density at radius 3 is 2.27 bits per heavy atom. The Balaban J connectivity index is 4.32. The molecule has 2 N–H and O–H groups in total. The largest absolute Gasteiger partial charge is 0.381 e. The Morgan fingerprint density at radius 1 is 1.40 bits per heavy atom. The zero-order chi connectivity index (χ0) is 12.1. The van der Waals surface area contributed by atoms with Crippen molar-refractivity contribution in [3.8, 4) is 0 Å². The second-order valence-electron chi connectivity index (χ2n) is 5.12. The molecule has 0 saturated heterocycles. The average Bonchev–Trinajstić information content (AvgIpc) is 2.15. The lowest BCUT2D eigenvalue weighted by Gasteiger charge is -2.36. The van der Waals surface area contributed by atoms with E-state index in [-0.39, 0.29) is 10.8 Å². The van der Waals surface area contributed by atoms with Crippen molar-refractivity contribution in [1.82, 2.24) is 0 Å². The molecular weight excluding hydrogens is 206 g/mol. The van der Waals surface area contributed by atoms with Gasteiger partial charge in [0.15, 0.2) is 0 Å². The van der Waals surface area contributed by atoms with E-state index in [9.17, 15) is 0 Å². The molecule has 0 amide bonds. The van der Waals surface area contributed by atoms with Gasteiger partial charge in [-0.1, -0.05) is 34.1 Å². The maximum atomic E-state index is 5.84. The summed E-state index contributed by atoms with van der Waals surface area (Å²) >= 11 is 4.33. The van der Waals surface area contributed by atoms with Gasteiger partial charge >= 0.3 is 0 Å². The Morgan fingerprint density at radius 2 is 1.93 bits per heavy atom. The molecule has 15 heavy (non-hydrogen) atoms. The van der Waals surface area contributed by atoms with E-state index in [2.05, 4.69) is 40.3 Å². The Hall–Kier alpha value is 0.270. The minimum atomic E-state index is -0.0564. The number of rotatable bonds is 7. The van der Waals surface area contributed by atoms with E-state index in [0.717, 1.165) is 19.3 Å². The van der Waals surface area contributed by atoms with Crippen molar-refractivity contribution in [2.75, 3.05) is 7.11 Å². The molecule has 2 nitrogen and oxygen atoms in total. The second kappa shape index (κ2) is 6.77. The van der Waals surface area contributed by atoms with Gasteiger partial charge in [0.05, 0.1) is 11.5 Å². The molecule has 0 aliphatic carbocycles. The van der Waals surface area contributed by atoms with Crippen LogP contribution in [0.3, 0.4) is 0 Å². The molecule has 0 aromatic rings. The zero-order valence-electron chi connectivity index (χ0n) is 10.8. The third-order valence-corrected chi connectivity index (χ3v) is 3.89. The molecule has 0 rings (SSSR count). The first-order valence-corrected chi connectivity index (χ1v) is 6.33. The summed E-state index contributed by atoms with van der Waals surface area (Å²) in [5.41, 5.74) is 6.01. The fraction of sp³-hybridized carbons (Fsp3) is 1.00. The number of thiol groups is 1. The summed E-state index contributed by atoms with van der Waals surface area (Å²) < 4.78 is 5.49. The van der Waals surface area contributed by atoms with Crippen molar-refractivity contribution < 1.29 is 4.74 Å². The molecule has 0 bridgehead atoms. The van der Waals surface area contributed by atoms with E-state index in [4.69, 9.17) is 10.5 Å². The highest BCUT2D eigenvalue weighted by Gasteiger charge is 2.31. The molecule has 0 aliphatic heterocycles. The third kappa shape index (κ3) is 5.23. The van der Waals surface area contributed by atoms with Gasteiger partial charge < -0.3 is 10.5 Å². The average molecular weight is 233 g/mol. The number of ether oxygens (including phenoxy) is 1. The first kappa shape index (κ1) is 15.3. The third-order valence-electron chi connectivity index (χ3n) is 3.44. The highest BCUT2D eigenvalue weighted by Crippen LogP contribution is 2.35. The van der Waals surface area contributed by atoms with Crippen LogP contribution in [0.4, 0.5) is 0 Å². The summed E-state index contributed by atoms with van der Waals surface area (Å²) in [4.78, 5) is 0. The summed E-state index contributed by atoms with van der Waals surface area (Å²) in [7, 11) is 1.79. The van der Waals surface area contributed by atoms with Gasteiger partial charge in [0.2, 0.25) is 0 Å². The predicted octanol–water partition coefficient (Wildman–Crippen LogP) is 3.07. The van der Waals surface area contributed by atoms with Gasteiger partial charge in [0, 0.05) is 7.11 Å². The topological polar surface area (TPSA) is 35.2 Å². The van der Waals surface area contributed by atoms with Crippen LogP contribution in [0.2, 0.25) is 0 Å². The van der Waals surface area contributed by atoms with Gasteiger partial charge in [-0.05, 0) is 24.2 Å². The zero-order valence-corrected chi connectivity index (χ0v) is 11.7. The van der Waals surface area contributed by atoms with Gasteiger partial charge in [-0.2, -0.15) is 12.6 Å². The summed E-state index contributed by atoms with van der Waals surface area (Å²) in [6.07, 6.45) is 3.68. The monoisotopic (exact) mass is 233 g/mol. The lowest BCUT2D eigenvalue weighted by atomic mass is 9.75. The summed E-state index contributed by atoms with van der Waals surface area (Å²) in [5.74, 6) is 0.385. The second-order valence-corrected chi connectivity index (χ2v) is 5.71. The van der Waals surface area contributed by atoms with Crippen LogP contribution >= 0.6 is 12.6 Å². The van der Waals surface area contributed by atoms with E-state index < -0.39 is 0 Å². The van der Waals surface area contributed by atoms with Crippen molar-refractivity contribution in [1.29, 1.82) is 0 Å². The molecule has 3 heteroatoms. The highest BCUT2D eigenvalue weighted by molar-refractivity contribution is 7.80. The van der Waals surface area contributed by atoms with Crippen LogP contribution in [0.1, 0.15) is 47.0 Å². The standard InChI is InChI=1S/C12H27NOS/c1-6-7-10(14-5)8-12(3,4)9(2)11(13)15/h9-11,15H,6-8,13H2,1-5H3/t9?,10?,11-/m0/s1. The van der Waals surface area contributed by atoms with Crippen LogP contribution in [0, 0.1) is 11.3 Å². The maximum absolute atomic E-state index is 5.84. The summed E-state index contributed by atoms with van der Waals surface area (Å²) in [5, 5.41) is -0.0564. The normalized spacial score (nSPS) is 18.6. The Kier molecular flexibility index (Phi) is 6.89. The van der Waals surface area contributed by atoms with Crippen LogP contribution in [-0.4, -0.2) is 18.6 Å². The first-order valence-electron chi connectivity index (χ1n) is 5.81. The summed E-state index contributed by atoms with van der Waals surface area (Å²) in [6, 6.07) is 0. The number of methoxy groups -OCH3 is 1. The molecule has 0 fully saturated rings. The smallest absolute Gasteiger partial charge is 0.0576 e. The fourth-order valence-electron chi connectivity index (χ4n) is 1.86. The highest BCUT2D eigenvalue weighted by atomic mass is 32.1. The molecule has 0 spiro atoms. The molecular formula is C12H27NOS. The van der Waals surface area contributed by atoms with E-state index in [1.165, 1.54) is 0 Å². The van der Waals surface area contributed by atoms with E-state index in [0.29, 0.717) is 12.0 Å². The molecule has 0 heterocycles. The van der Waals surface area contributed by atoms with Gasteiger partial charge in [-0.25, -0.2) is 0 Å². The Bertz CT molecular complexity index is 171. The van der Waals surface area contributed by atoms with E-state index >= 15 is 0 Å². The van der Waals surface area contributed by atoms with Crippen LogP contribution in [0.5, 0.6) is 0 Å². The van der Waals surface area contributed by atoms with Crippen molar-refractivity contribution in [3.63, 3.8) is 0 Å². The van der Waals surface area contributed by atoms with Crippen molar-refractivity contribution in [2.24, 2.45) is 17.1 Å². The predicted molar refractivity (Wildman–Crippen MR) is 70.2 cm³/mol. The van der Waals surface area contributed by atoms with Crippen molar-refractivity contribution in [3.05, 3.63) is 0 Å². The lowest BCUT2D eigenvalue weighted by Crippen LogP contribution is -2.37. The molecule has 92 valence electrons. The molecule has 0 radical (unpaired) electrons. The first-order chi connectivity index (χ1) is 6.85. The van der Waals surface area contributed by atoms with Crippen LogP contribution in [0.25, 0.3) is 0 Å². The van der Waals surface area contributed by atoms with Crippen LogP contribution in [-0.2, 0) is 4.74 Å². The quantitative estimate of drug-likeness (QED) is 0.523. The van der Waals surface area contributed by atoms with Gasteiger partial charge in [-0.3, -0.25) is 0 Å². The van der Waals surface area contributed by atoms with Crippen LogP contribution in [0.15, 0.2) is 0 Å². The van der Waals surface area contributed by atoms with E-state index in [1.807, 2.05) is 0 Å². The molecule has 3 atom stereocenters. The lowest BCUT2D eigenvalue weighted by molar-refractivity contribution is 0.0375. The molecule has 0 aromatic carbocycles. The van der Waals surface area contributed by atoms with Crippen LogP contribution < -0.4 is 5.73 Å². The molecule has 2 unspecified atom stereocenters. The number of hydrogen-bond donors (Lipinski definition) is 2. The molecule has 0 aliphatic rings. The SMILES string of the molecule is CCCC(CC(C)(C)C(C)[C@@H](N)S)OC. The molecule has 0 aromatic heterocycles. The van der Waals surface area contributed by atoms with Crippen molar-refractivity contribution >= 4 is 12.6 Å². The molecule has 0 saturated carbocycles. The summed E-state index contributed by atoms with van der Waals surface area (Å²) in [6.45, 7) is 8.84. The van der Waals surface area contributed by atoms with Gasteiger partial charge in [-0.15, -0.1) is 0 Å². The van der Waals surface area contributed by atoms with Gasteiger partial charge in [0.1, 0.15) is 0 Å². The van der Waals surface area contributed by atoms with Crippen molar-refractivity contribution in [2.45, 2.75) is 58.4 Å².